The zero-order valence-electron chi connectivity index (χ0n) is 15.3. The molecular weight excluding hydrogens is 354 g/mol. The molecule has 0 radical (unpaired) electrons. The summed E-state index contributed by atoms with van der Waals surface area (Å²) in [5, 5.41) is 5.70. The van der Waals surface area contributed by atoms with E-state index in [-0.39, 0.29) is 18.2 Å². The number of carbonyl (C=O) groups is 2. The van der Waals surface area contributed by atoms with Crippen LogP contribution in [-0.4, -0.2) is 23.4 Å². The van der Waals surface area contributed by atoms with Crippen molar-refractivity contribution in [2.75, 3.05) is 11.9 Å². The first kappa shape index (κ1) is 19.1. The summed E-state index contributed by atoms with van der Waals surface area (Å²) >= 11 is 0. The van der Waals surface area contributed by atoms with E-state index in [0.29, 0.717) is 24.4 Å². The smallest absolute Gasteiger partial charge is 0.255 e. The fourth-order valence-corrected chi connectivity index (χ4v) is 2.53. The number of benzene rings is 2. The molecule has 0 aliphatic rings. The summed E-state index contributed by atoms with van der Waals surface area (Å²) in [7, 11) is 0. The number of nitrogens with one attached hydrogen (secondary N) is 2. The highest BCUT2D eigenvalue weighted by Crippen LogP contribution is 2.12. The standard InChI is InChI=1S/C22H21N3O3/c26-21(11-14-28-20-7-2-1-3-8-20)24-16-17-5-4-6-19(15-17)25-22(27)18-9-12-23-13-10-18/h1-10,12-13,15H,11,14,16H2,(H,24,26)(H,25,27). The quantitative estimate of drug-likeness (QED) is 0.632. The van der Waals surface area contributed by atoms with Gasteiger partial charge in [-0.2, -0.15) is 0 Å². The van der Waals surface area contributed by atoms with Gasteiger partial charge in [0.25, 0.3) is 5.91 Å². The summed E-state index contributed by atoms with van der Waals surface area (Å²) in [4.78, 5) is 28.1. The van der Waals surface area contributed by atoms with E-state index in [9.17, 15) is 9.59 Å². The molecule has 142 valence electrons. The zero-order valence-corrected chi connectivity index (χ0v) is 15.3. The van der Waals surface area contributed by atoms with E-state index in [1.165, 1.54) is 0 Å². The number of para-hydroxylation sites is 1. The van der Waals surface area contributed by atoms with Crippen LogP contribution in [0.1, 0.15) is 22.3 Å². The maximum absolute atomic E-state index is 12.2. The fourth-order valence-electron chi connectivity index (χ4n) is 2.53. The van der Waals surface area contributed by atoms with Crippen LogP contribution in [-0.2, 0) is 11.3 Å². The van der Waals surface area contributed by atoms with E-state index in [1.807, 2.05) is 48.5 Å². The summed E-state index contributed by atoms with van der Waals surface area (Å²) in [5.74, 6) is 0.441. The lowest BCUT2D eigenvalue weighted by atomic mass is 10.2. The summed E-state index contributed by atoms with van der Waals surface area (Å²) in [6.07, 6.45) is 3.41. The van der Waals surface area contributed by atoms with Crippen LogP contribution in [0.4, 0.5) is 5.69 Å². The van der Waals surface area contributed by atoms with Crippen molar-refractivity contribution in [3.8, 4) is 5.75 Å². The first-order valence-corrected chi connectivity index (χ1v) is 8.95. The molecule has 2 N–H and O–H groups in total. The molecule has 0 saturated heterocycles. The van der Waals surface area contributed by atoms with Crippen molar-refractivity contribution in [1.29, 1.82) is 0 Å². The number of carbonyl (C=O) groups excluding carboxylic acids is 2. The number of anilines is 1. The second-order valence-corrected chi connectivity index (χ2v) is 6.08. The Balaban J connectivity index is 1.45. The van der Waals surface area contributed by atoms with Crippen molar-refractivity contribution in [3.05, 3.63) is 90.3 Å². The van der Waals surface area contributed by atoms with Crippen LogP contribution in [0.25, 0.3) is 0 Å². The minimum Gasteiger partial charge on any atom is -0.493 e. The molecule has 0 unspecified atom stereocenters. The van der Waals surface area contributed by atoms with Crippen LogP contribution < -0.4 is 15.4 Å². The van der Waals surface area contributed by atoms with Crippen LogP contribution in [0, 0.1) is 0 Å². The van der Waals surface area contributed by atoms with Crippen molar-refractivity contribution in [2.45, 2.75) is 13.0 Å². The maximum Gasteiger partial charge on any atom is 0.255 e. The third-order valence-electron chi connectivity index (χ3n) is 3.96. The minimum atomic E-state index is -0.207. The molecule has 3 rings (SSSR count). The van der Waals surface area contributed by atoms with Gasteiger partial charge in [0.15, 0.2) is 0 Å². The molecule has 1 aromatic heterocycles. The van der Waals surface area contributed by atoms with Crippen molar-refractivity contribution >= 4 is 17.5 Å². The van der Waals surface area contributed by atoms with Crippen molar-refractivity contribution in [1.82, 2.24) is 10.3 Å². The van der Waals surface area contributed by atoms with Gasteiger partial charge in [-0.05, 0) is 42.0 Å². The van der Waals surface area contributed by atoms with Crippen LogP contribution >= 0.6 is 0 Å². The molecule has 0 atom stereocenters. The Morgan fingerprint density at radius 2 is 1.71 bits per heavy atom. The number of nitrogens with zero attached hydrogens (tertiary/aromatic N) is 1. The molecule has 0 saturated carbocycles. The van der Waals surface area contributed by atoms with E-state index >= 15 is 0 Å². The van der Waals surface area contributed by atoms with Gasteiger partial charge in [0.2, 0.25) is 5.91 Å². The molecule has 1 heterocycles. The van der Waals surface area contributed by atoms with E-state index in [2.05, 4.69) is 15.6 Å². The molecule has 0 spiro atoms. The van der Waals surface area contributed by atoms with Gasteiger partial charge in [-0.15, -0.1) is 0 Å². The topological polar surface area (TPSA) is 80.3 Å². The third kappa shape index (κ3) is 5.95. The molecular formula is C22H21N3O3. The second kappa shape index (κ2) is 9.87. The second-order valence-electron chi connectivity index (χ2n) is 6.08. The van der Waals surface area contributed by atoms with Gasteiger partial charge < -0.3 is 15.4 Å². The van der Waals surface area contributed by atoms with Gasteiger partial charge in [-0.25, -0.2) is 0 Å². The molecule has 0 bridgehead atoms. The summed E-state index contributed by atoms with van der Waals surface area (Å²) < 4.78 is 5.52. The molecule has 0 aliphatic carbocycles. The van der Waals surface area contributed by atoms with Gasteiger partial charge >= 0.3 is 0 Å². The predicted molar refractivity (Wildman–Crippen MR) is 107 cm³/mol. The van der Waals surface area contributed by atoms with E-state index < -0.39 is 0 Å². The first-order valence-electron chi connectivity index (χ1n) is 8.95. The number of hydrogen-bond acceptors (Lipinski definition) is 4. The number of ether oxygens (including phenoxy) is 1. The van der Waals surface area contributed by atoms with Crippen molar-refractivity contribution in [3.63, 3.8) is 0 Å². The van der Waals surface area contributed by atoms with Gasteiger partial charge in [0, 0.05) is 30.2 Å². The Labute approximate surface area is 163 Å². The molecule has 3 aromatic rings. The van der Waals surface area contributed by atoms with Gasteiger partial charge in [0.05, 0.1) is 13.0 Å². The first-order chi connectivity index (χ1) is 13.7. The molecule has 6 nitrogen and oxygen atoms in total. The highest BCUT2D eigenvalue weighted by Gasteiger charge is 2.07. The van der Waals surface area contributed by atoms with Crippen LogP contribution in [0.15, 0.2) is 79.1 Å². The molecule has 28 heavy (non-hydrogen) atoms. The fraction of sp³-hybridized carbons (Fsp3) is 0.136. The highest BCUT2D eigenvalue weighted by molar-refractivity contribution is 6.04. The Bertz CT molecular complexity index is 915. The Morgan fingerprint density at radius 1 is 0.929 bits per heavy atom. The van der Waals surface area contributed by atoms with Crippen LogP contribution in [0.3, 0.4) is 0 Å². The summed E-state index contributed by atoms with van der Waals surface area (Å²) in [5.41, 5.74) is 2.10. The zero-order chi connectivity index (χ0) is 19.6. The predicted octanol–water partition coefficient (Wildman–Crippen LogP) is 3.42. The lowest BCUT2D eigenvalue weighted by molar-refractivity contribution is -0.121. The SMILES string of the molecule is O=C(CCOc1ccccc1)NCc1cccc(NC(=O)c2ccncc2)c1. The van der Waals surface area contributed by atoms with Crippen LogP contribution in [0.2, 0.25) is 0 Å². The Kier molecular flexibility index (Phi) is 6.73. The molecule has 0 aliphatic heterocycles. The largest absolute Gasteiger partial charge is 0.493 e. The molecule has 2 amide bonds. The van der Waals surface area contributed by atoms with E-state index in [1.54, 1.807) is 30.6 Å². The van der Waals surface area contributed by atoms with E-state index in [4.69, 9.17) is 4.74 Å². The van der Waals surface area contributed by atoms with Gasteiger partial charge in [0.1, 0.15) is 5.75 Å². The Morgan fingerprint density at radius 3 is 2.50 bits per heavy atom. The highest BCUT2D eigenvalue weighted by atomic mass is 16.5. The average Bonchev–Trinajstić information content (AvgIpc) is 2.74. The number of pyridine rings is 1. The summed E-state index contributed by atoms with van der Waals surface area (Å²) in [6, 6.07) is 20.0. The van der Waals surface area contributed by atoms with E-state index in [0.717, 1.165) is 11.3 Å². The van der Waals surface area contributed by atoms with Gasteiger partial charge in [-0.1, -0.05) is 30.3 Å². The molecule has 2 aromatic carbocycles. The number of aromatic nitrogens is 1. The molecule has 6 heteroatoms. The number of hydrogen-bond donors (Lipinski definition) is 2. The number of rotatable bonds is 8. The molecule has 0 fully saturated rings. The lowest BCUT2D eigenvalue weighted by Crippen LogP contribution is -2.24. The summed E-state index contributed by atoms with van der Waals surface area (Å²) in [6.45, 7) is 0.695. The maximum atomic E-state index is 12.2. The van der Waals surface area contributed by atoms with Gasteiger partial charge in [-0.3, -0.25) is 14.6 Å². The lowest BCUT2D eigenvalue weighted by Gasteiger charge is -2.09. The van der Waals surface area contributed by atoms with Crippen molar-refractivity contribution < 1.29 is 14.3 Å². The van der Waals surface area contributed by atoms with Crippen molar-refractivity contribution in [2.24, 2.45) is 0 Å². The number of amides is 2. The Hall–Kier alpha value is -3.67. The minimum absolute atomic E-state index is 0.0952. The third-order valence-corrected chi connectivity index (χ3v) is 3.96. The monoisotopic (exact) mass is 375 g/mol. The van der Waals surface area contributed by atoms with Crippen LogP contribution in [0.5, 0.6) is 5.75 Å². The normalized spacial score (nSPS) is 10.1. The average molecular weight is 375 g/mol.